The number of rotatable bonds is 8. The summed E-state index contributed by atoms with van der Waals surface area (Å²) in [7, 11) is 0. The Morgan fingerprint density at radius 2 is 0.793 bits per heavy atom. The molecule has 2 heterocycles. The minimum Gasteiger partial charge on any atom is -0.311 e. The summed E-state index contributed by atoms with van der Waals surface area (Å²) in [6.07, 6.45) is 0. The fourth-order valence-corrected chi connectivity index (χ4v) is 9.63. The van der Waals surface area contributed by atoms with Gasteiger partial charge >= 0.3 is 0 Å². The summed E-state index contributed by atoms with van der Waals surface area (Å²) < 4.78 is 5.08. The van der Waals surface area contributed by atoms with Crippen molar-refractivity contribution in [1.29, 1.82) is 0 Å². The zero-order valence-corrected chi connectivity index (χ0v) is 32.4. The van der Waals surface area contributed by atoms with E-state index in [1.165, 1.54) is 53.1 Å². The zero-order chi connectivity index (χ0) is 38.4. The van der Waals surface area contributed by atoms with E-state index in [9.17, 15) is 0 Å². The molecule has 58 heavy (non-hydrogen) atoms. The van der Waals surface area contributed by atoms with Gasteiger partial charge in [-0.25, -0.2) is 0 Å². The molecule has 0 radical (unpaired) electrons. The second-order valence-electron chi connectivity index (χ2n) is 14.6. The van der Waals surface area contributed by atoms with Crippen molar-refractivity contribution in [1.82, 2.24) is 4.57 Å². The number of fused-ring (bicyclic) bond motifs is 7. The highest BCUT2D eigenvalue weighted by molar-refractivity contribution is 7.26. The summed E-state index contributed by atoms with van der Waals surface area (Å²) >= 11 is 1.87. The van der Waals surface area contributed by atoms with E-state index in [0.717, 1.165) is 39.8 Å². The van der Waals surface area contributed by atoms with E-state index in [4.69, 9.17) is 0 Å². The summed E-state index contributed by atoms with van der Waals surface area (Å²) in [4.78, 5) is 4.66. The topological polar surface area (TPSA) is 11.4 Å². The standard InChI is InChI=1S/C54H37N3S/c1-5-15-40(16-6-1)55(41-17-7-2-8-18-41)44-29-25-38(26-30-44)39-27-31-45(32-28-39)56(42-19-9-3-10-20-42)46-33-35-50-49(37-46)47-34-36-52-53(48-23-13-14-24-51(48)58-52)54(47)57(50)43-21-11-4-12-22-43/h1-37H. The van der Waals surface area contributed by atoms with Gasteiger partial charge in [0.25, 0.3) is 0 Å². The number of anilines is 6. The maximum Gasteiger partial charge on any atom is 0.0634 e. The van der Waals surface area contributed by atoms with Crippen molar-refractivity contribution in [3.05, 3.63) is 224 Å². The predicted molar refractivity (Wildman–Crippen MR) is 248 cm³/mol. The summed E-state index contributed by atoms with van der Waals surface area (Å²) in [5.41, 5.74) is 12.6. The lowest BCUT2D eigenvalue weighted by Gasteiger charge is -2.26. The molecular formula is C54H37N3S. The van der Waals surface area contributed by atoms with E-state index in [2.05, 4.69) is 239 Å². The van der Waals surface area contributed by atoms with E-state index in [-0.39, 0.29) is 0 Å². The van der Waals surface area contributed by atoms with Crippen LogP contribution in [0.25, 0.3) is 58.8 Å². The number of hydrogen-bond donors (Lipinski definition) is 0. The number of thiophene rings is 1. The molecule has 0 N–H and O–H groups in total. The van der Waals surface area contributed by atoms with E-state index >= 15 is 0 Å². The Labute approximate surface area is 341 Å². The molecule has 274 valence electrons. The molecular weight excluding hydrogens is 723 g/mol. The average molecular weight is 760 g/mol. The van der Waals surface area contributed by atoms with Gasteiger partial charge < -0.3 is 14.4 Å². The molecule has 0 unspecified atom stereocenters. The molecule has 11 rings (SSSR count). The quantitative estimate of drug-likeness (QED) is 0.153. The number of nitrogens with zero attached hydrogens (tertiary/aromatic N) is 3. The van der Waals surface area contributed by atoms with Gasteiger partial charge in [-0.15, -0.1) is 11.3 Å². The third-order valence-electron chi connectivity index (χ3n) is 11.2. The molecule has 11 aromatic rings. The average Bonchev–Trinajstić information content (AvgIpc) is 3.84. The molecule has 3 nitrogen and oxygen atoms in total. The van der Waals surface area contributed by atoms with Gasteiger partial charge in [-0.2, -0.15) is 0 Å². The van der Waals surface area contributed by atoms with Crippen LogP contribution in [0.1, 0.15) is 0 Å². The molecule has 0 saturated carbocycles. The summed E-state index contributed by atoms with van der Waals surface area (Å²) in [5.74, 6) is 0. The van der Waals surface area contributed by atoms with Crippen LogP contribution >= 0.6 is 11.3 Å². The van der Waals surface area contributed by atoms with Crippen LogP contribution < -0.4 is 9.80 Å². The Kier molecular flexibility index (Phi) is 8.34. The fraction of sp³-hybridized carbons (Fsp3) is 0. The second kappa shape index (κ2) is 14.3. The number of benzene rings is 9. The van der Waals surface area contributed by atoms with Gasteiger partial charge in [-0.05, 0) is 114 Å². The van der Waals surface area contributed by atoms with Crippen molar-refractivity contribution in [2.24, 2.45) is 0 Å². The van der Waals surface area contributed by atoms with Crippen LogP contribution in [0.4, 0.5) is 34.1 Å². The Bertz CT molecular complexity index is 3150. The van der Waals surface area contributed by atoms with Crippen LogP contribution in [0, 0.1) is 0 Å². The van der Waals surface area contributed by atoms with Gasteiger partial charge in [0.1, 0.15) is 0 Å². The van der Waals surface area contributed by atoms with Gasteiger partial charge in [-0.1, -0.05) is 121 Å². The molecule has 0 bridgehead atoms. The number of para-hydroxylation sites is 4. The molecule has 9 aromatic carbocycles. The van der Waals surface area contributed by atoms with Gasteiger partial charge in [0.2, 0.25) is 0 Å². The van der Waals surface area contributed by atoms with Gasteiger partial charge in [0.15, 0.2) is 0 Å². The first kappa shape index (κ1) is 33.9. The smallest absolute Gasteiger partial charge is 0.0634 e. The van der Waals surface area contributed by atoms with E-state index in [0.29, 0.717) is 0 Å². The first-order valence-electron chi connectivity index (χ1n) is 19.7. The van der Waals surface area contributed by atoms with Crippen molar-refractivity contribution in [2.45, 2.75) is 0 Å². The maximum atomic E-state index is 2.46. The fourth-order valence-electron chi connectivity index (χ4n) is 8.52. The Morgan fingerprint density at radius 3 is 1.36 bits per heavy atom. The van der Waals surface area contributed by atoms with Crippen LogP contribution in [-0.4, -0.2) is 4.57 Å². The summed E-state index contributed by atoms with van der Waals surface area (Å²) in [6, 6.07) is 80.8. The molecule has 0 atom stereocenters. The third-order valence-corrected chi connectivity index (χ3v) is 12.3. The van der Waals surface area contributed by atoms with Crippen molar-refractivity contribution >= 4 is 87.4 Å². The predicted octanol–water partition coefficient (Wildman–Crippen LogP) is 15.8. The first-order chi connectivity index (χ1) is 28.8. The van der Waals surface area contributed by atoms with Crippen molar-refractivity contribution in [2.75, 3.05) is 9.80 Å². The van der Waals surface area contributed by atoms with E-state index in [1.54, 1.807) is 0 Å². The van der Waals surface area contributed by atoms with Gasteiger partial charge in [-0.3, -0.25) is 0 Å². The van der Waals surface area contributed by atoms with E-state index in [1.807, 2.05) is 11.3 Å². The lowest BCUT2D eigenvalue weighted by molar-refractivity contribution is 1.19. The molecule has 4 heteroatoms. The lowest BCUT2D eigenvalue weighted by atomic mass is 10.0. The number of aromatic nitrogens is 1. The highest BCUT2D eigenvalue weighted by atomic mass is 32.1. The molecule has 2 aromatic heterocycles. The van der Waals surface area contributed by atoms with Crippen LogP contribution in [0.3, 0.4) is 0 Å². The molecule has 0 aliphatic heterocycles. The second-order valence-corrected chi connectivity index (χ2v) is 15.7. The Morgan fingerprint density at radius 1 is 0.328 bits per heavy atom. The summed E-state index contributed by atoms with van der Waals surface area (Å²) in [6.45, 7) is 0. The molecule has 0 fully saturated rings. The van der Waals surface area contributed by atoms with Crippen LogP contribution in [-0.2, 0) is 0 Å². The normalized spacial score (nSPS) is 11.4. The first-order valence-corrected chi connectivity index (χ1v) is 20.5. The SMILES string of the molecule is c1ccc(N(c2ccccc2)c2ccc(-c3ccc(N(c4ccccc4)c4ccc5c(c4)c4ccc6sc7ccccc7c6c4n5-c4ccccc4)cc3)cc2)cc1. The van der Waals surface area contributed by atoms with Crippen molar-refractivity contribution < 1.29 is 0 Å². The minimum atomic E-state index is 1.10. The Balaban J connectivity index is 1.01. The molecule has 0 saturated heterocycles. The molecule has 0 aliphatic carbocycles. The molecule has 0 aliphatic rings. The van der Waals surface area contributed by atoms with Crippen molar-refractivity contribution in [3.63, 3.8) is 0 Å². The maximum absolute atomic E-state index is 2.46. The van der Waals surface area contributed by atoms with Crippen LogP contribution in [0.2, 0.25) is 0 Å². The third kappa shape index (κ3) is 5.82. The summed E-state index contributed by atoms with van der Waals surface area (Å²) in [5, 5.41) is 5.10. The molecule has 0 amide bonds. The Hall–Kier alpha value is -7.40. The largest absolute Gasteiger partial charge is 0.311 e. The highest BCUT2D eigenvalue weighted by Gasteiger charge is 2.21. The minimum absolute atomic E-state index is 1.10. The lowest BCUT2D eigenvalue weighted by Crippen LogP contribution is -2.10. The molecule has 0 spiro atoms. The van der Waals surface area contributed by atoms with Crippen molar-refractivity contribution in [3.8, 4) is 16.8 Å². The zero-order valence-electron chi connectivity index (χ0n) is 31.6. The van der Waals surface area contributed by atoms with E-state index < -0.39 is 0 Å². The van der Waals surface area contributed by atoms with Gasteiger partial charge in [0.05, 0.1) is 11.0 Å². The number of hydrogen-bond acceptors (Lipinski definition) is 3. The van der Waals surface area contributed by atoms with Crippen LogP contribution in [0.5, 0.6) is 0 Å². The monoisotopic (exact) mass is 759 g/mol. The highest BCUT2D eigenvalue weighted by Crippen LogP contribution is 2.45. The van der Waals surface area contributed by atoms with Gasteiger partial charge in [0, 0.05) is 70.8 Å². The van der Waals surface area contributed by atoms with Crippen LogP contribution in [0.15, 0.2) is 224 Å².